The fourth-order valence-electron chi connectivity index (χ4n) is 3.35. The van der Waals surface area contributed by atoms with Gasteiger partial charge in [-0.1, -0.05) is 37.6 Å². The van der Waals surface area contributed by atoms with Gasteiger partial charge < -0.3 is 15.1 Å². The number of rotatable bonds is 5. The van der Waals surface area contributed by atoms with Crippen LogP contribution in [0.25, 0.3) is 0 Å². The molecule has 0 radical (unpaired) electrons. The Morgan fingerprint density at radius 1 is 1.00 bits per heavy atom. The highest BCUT2D eigenvalue weighted by atomic mass is 35.5. The summed E-state index contributed by atoms with van der Waals surface area (Å²) in [6, 6.07) is 14.8. The van der Waals surface area contributed by atoms with Crippen LogP contribution in [-0.2, 0) is 4.79 Å². The Labute approximate surface area is 171 Å². The second-order valence-electron chi connectivity index (χ2n) is 7.45. The number of nitrogens with one attached hydrogen (secondary N) is 1. The number of anilines is 2. The van der Waals surface area contributed by atoms with Gasteiger partial charge in [0, 0.05) is 43.2 Å². The molecule has 1 aliphatic rings. The topological polar surface area (TPSA) is 52.7 Å². The lowest BCUT2D eigenvalue weighted by molar-refractivity contribution is -0.116. The third-order valence-corrected chi connectivity index (χ3v) is 5.02. The summed E-state index contributed by atoms with van der Waals surface area (Å²) in [5.41, 5.74) is 2.48. The van der Waals surface area contributed by atoms with Crippen LogP contribution in [0.5, 0.6) is 0 Å². The van der Waals surface area contributed by atoms with Gasteiger partial charge in [0.15, 0.2) is 0 Å². The highest BCUT2D eigenvalue weighted by molar-refractivity contribution is 6.30. The molecule has 2 aromatic rings. The first-order chi connectivity index (χ1) is 13.4. The lowest BCUT2D eigenvalue weighted by Crippen LogP contribution is -2.49. The molecular formula is C22H26ClN3O2. The van der Waals surface area contributed by atoms with Gasteiger partial charge in [-0.05, 0) is 42.3 Å². The fraction of sp³-hybridized carbons (Fsp3) is 0.364. The summed E-state index contributed by atoms with van der Waals surface area (Å²) in [5.74, 6) is 0.364. The molecule has 1 heterocycles. The Morgan fingerprint density at radius 3 is 2.29 bits per heavy atom. The fourth-order valence-corrected chi connectivity index (χ4v) is 3.48. The molecule has 0 aromatic heterocycles. The molecule has 0 atom stereocenters. The molecule has 1 aliphatic heterocycles. The molecule has 0 aliphatic carbocycles. The quantitative estimate of drug-likeness (QED) is 0.816. The maximum Gasteiger partial charge on any atom is 0.253 e. The largest absolute Gasteiger partial charge is 0.366 e. The minimum absolute atomic E-state index is 0.0230. The summed E-state index contributed by atoms with van der Waals surface area (Å²) >= 11 is 5.91. The number of amides is 2. The van der Waals surface area contributed by atoms with Crippen molar-refractivity contribution in [3.63, 3.8) is 0 Å². The van der Waals surface area contributed by atoms with E-state index in [0.717, 1.165) is 24.5 Å². The van der Waals surface area contributed by atoms with Gasteiger partial charge in [0.2, 0.25) is 5.91 Å². The van der Waals surface area contributed by atoms with E-state index in [0.29, 0.717) is 36.0 Å². The second kappa shape index (κ2) is 9.11. The Hall–Kier alpha value is -2.53. The van der Waals surface area contributed by atoms with Crippen molar-refractivity contribution in [1.29, 1.82) is 0 Å². The molecule has 148 valence electrons. The number of halogens is 1. The zero-order chi connectivity index (χ0) is 20.1. The molecule has 0 spiro atoms. The first-order valence-electron chi connectivity index (χ1n) is 9.62. The van der Waals surface area contributed by atoms with Gasteiger partial charge in [-0.2, -0.15) is 0 Å². The Kier molecular flexibility index (Phi) is 6.57. The van der Waals surface area contributed by atoms with Crippen LogP contribution in [-0.4, -0.2) is 42.9 Å². The molecule has 28 heavy (non-hydrogen) atoms. The van der Waals surface area contributed by atoms with Crippen molar-refractivity contribution in [3.8, 4) is 0 Å². The average Bonchev–Trinajstić information content (AvgIpc) is 2.68. The van der Waals surface area contributed by atoms with Gasteiger partial charge in [-0.3, -0.25) is 9.59 Å². The van der Waals surface area contributed by atoms with Crippen LogP contribution in [0.4, 0.5) is 11.4 Å². The molecule has 1 saturated heterocycles. The zero-order valence-electron chi connectivity index (χ0n) is 16.3. The van der Waals surface area contributed by atoms with Crippen molar-refractivity contribution in [1.82, 2.24) is 4.90 Å². The summed E-state index contributed by atoms with van der Waals surface area (Å²) in [4.78, 5) is 28.9. The van der Waals surface area contributed by atoms with Crippen LogP contribution in [0.1, 0.15) is 30.6 Å². The maximum atomic E-state index is 12.7. The third kappa shape index (κ3) is 5.04. The van der Waals surface area contributed by atoms with Crippen molar-refractivity contribution in [2.45, 2.75) is 20.3 Å². The number of benzene rings is 2. The van der Waals surface area contributed by atoms with Crippen LogP contribution in [0.3, 0.4) is 0 Å². The number of carbonyl (C=O) groups excluding carboxylic acids is 2. The summed E-state index contributed by atoms with van der Waals surface area (Å²) in [6.45, 7) is 6.77. The summed E-state index contributed by atoms with van der Waals surface area (Å²) in [6.07, 6.45) is 0.498. The zero-order valence-corrected chi connectivity index (χ0v) is 17.1. The molecular weight excluding hydrogens is 374 g/mol. The van der Waals surface area contributed by atoms with E-state index in [1.807, 2.05) is 43.0 Å². The van der Waals surface area contributed by atoms with Gasteiger partial charge in [0.1, 0.15) is 0 Å². The molecule has 1 fully saturated rings. The van der Waals surface area contributed by atoms with Crippen molar-refractivity contribution in [2.75, 3.05) is 36.4 Å². The van der Waals surface area contributed by atoms with E-state index in [1.54, 1.807) is 24.3 Å². The molecule has 0 bridgehead atoms. The van der Waals surface area contributed by atoms with Crippen LogP contribution in [0, 0.1) is 5.92 Å². The predicted octanol–water partition coefficient (Wildman–Crippen LogP) is 4.29. The van der Waals surface area contributed by atoms with Crippen LogP contribution < -0.4 is 10.2 Å². The standard InChI is InChI=1S/C22H26ClN3O2/c1-16(2)15-21(27)24-19-5-3-4-6-20(19)25-11-13-26(14-12-25)22(28)17-7-9-18(23)10-8-17/h3-10,16H,11-15H2,1-2H3,(H,24,27). The van der Waals surface area contributed by atoms with Gasteiger partial charge in [-0.25, -0.2) is 0 Å². The van der Waals surface area contributed by atoms with Gasteiger partial charge in [0.25, 0.3) is 5.91 Å². The number of hydrogen-bond acceptors (Lipinski definition) is 3. The first kappa shape index (κ1) is 20.2. The van der Waals surface area contributed by atoms with Crippen LogP contribution >= 0.6 is 11.6 Å². The average molecular weight is 400 g/mol. The van der Waals surface area contributed by atoms with Gasteiger partial charge in [0.05, 0.1) is 11.4 Å². The highest BCUT2D eigenvalue weighted by Gasteiger charge is 2.23. The normalized spacial score (nSPS) is 14.3. The van der Waals surface area contributed by atoms with E-state index < -0.39 is 0 Å². The van der Waals surface area contributed by atoms with E-state index in [2.05, 4.69) is 10.2 Å². The smallest absolute Gasteiger partial charge is 0.253 e. The lowest BCUT2D eigenvalue weighted by atomic mass is 10.1. The summed E-state index contributed by atoms with van der Waals surface area (Å²) in [5, 5.41) is 3.65. The van der Waals surface area contributed by atoms with E-state index in [4.69, 9.17) is 11.6 Å². The second-order valence-corrected chi connectivity index (χ2v) is 7.89. The maximum absolute atomic E-state index is 12.7. The lowest BCUT2D eigenvalue weighted by Gasteiger charge is -2.37. The predicted molar refractivity (Wildman–Crippen MR) is 114 cm³/mol. The molecule has 5 nitrogen and oxygen atoms in total. The van der Waals surface area contributed by atoms with Gasteiger partial charge in [-0.15, -0.1) is 0 Å². The molecule has 0 saturated carbocycles. The Morgan fingerprint density at radius 2 is 1.64 bits per heavy atom. The van der Waals surface area contributed by atoms with Crippen molar-refractivity contribution >= 4 is 34.8 Å². The monoisotopic (exact) mass is 399 g/mol. The van der Waals surface area contributed by atoms with E-state index in [1.165, 1.54) is 0 Å². The first-order valence-corrected chi connectivity index (χ1v) is 10.0. The Balaban J connectivity index is 1.64. The highest BCUT2D eigenvalue weighted by Crippen LogP contribution is 2.27. The number of nitrogens with zero attached hydrogens (tertiary/aromatic N) is 2. The van der Waals surface area contributed by atoms with Crippen molar-refractivity contribution in [2.24, 2.45) is 5.92 Å². The van der Waals surface area contributed by atoms with E-state index in [9.17, 15) is 9.59 Å². The summed E-state index contributed by atoms with van der Waals surface area (Å²) in [7, 11) is 0. The van der Waals surface area contributed by atoms with E-state index >= 15 is 0 Å². The SMILES string of the molecule is CC(C)CC(=O)Nc1ccccc1N1CCN(C(=O)c2ccc(Cl)cc2)CC1. The van der Waals surface area contributed by atoms with Crippen molar-refractivity contribution in [3.05, 3.63) is 59.1 Å². The molecule has 2 amide bonds. The van der Waals surface area contributed by atoms with Crippen molar-refractivity contribution < 1.29 is 9.59 Å². The number of para-hydroxylation sites is 2. The third-order valence-electron chi connectivity index (χ3n) is 4.77. The molecule has 0 unspecified atom stereocenters. The summed E-state index contributed by atoms with van der Waals surface area (Å²) < 4.78 is 0. The molecule has 1 N–H and O–H groups in total. The number of hydrogen-bond donors (Lipinski definition) is 1. The molecule has 2 aromatic carbocycles. The minimum Gasteiger partial charge on any atom is -0.366 e. The number of carbonyl (C=O) groups is 2. The molecule has 6 heteroatoms. The molecule has 3 rings (SSSR count). The Bertz CT molecular complexity index is 828. The van der Waals surface area contributed by atoms with Crippen LogP contribution in [0.15, 0.2) is 48.5 Å². The van der Waals surface area contributed by atoms with E-state index in [-0.39, 0.29) is 11.8 Å². The number of piperazine rings is 1. The van der Waals surface area contributed by atoms with Gasteiger partial charge >= 0.3 is 0 Å². The van der Waals surface area contributed by atoms with Crippen LogP contribution in [0.2, 0.25) is 5.02 Å². The minimum atomic E-state index is 0.0230.